The number of nitrogens with two attached hydrogens (primary N) is 1. The van der Waals surface area contributed by atoms with Gasteiger partial charge in [-0.15, -0.1) is 0 Å². The van der Waals surface area contributed by atoms with Gasteiger partial charge in [0, 0.05) is 28.4 Å². The summed E-state index contributed by atoms with van der Waals surface area (Å²) >= 11 is 0. The zero-order valence-corrected chi connectivity index (χ0v) is 16.2. The number of aryl methyl sites for hydroxylation is 1. The van der Waals surface area contributed by atoms with Crippen molar-refractivity contribution in [2.45, 2.75) is 6.92 Å². The monoisotopic (exact) mass is 373 g/mol. The van der Waals surface area contributed by atoms with Crippen molar-refractivity contribution >= 4 is 51.5 Å². The number of para-hydroxylation sites is 1. The van der Waals surface area contributed by atoms with Crippen LogP contribution in [0.25, 0.3) is 11.1 Å². The predicted molar refractivity (Wildman–Crippen MR) is 125 cm³/mol. The van der Waals surface area contributed by atoms with Gasteiger partial charge in [0.15, 0.2) is 0 Å². The summed E-state index contributed by atoms with van der Waals surface area (Å²) in [6.45, 7) is 2.34. The average Bonchev–Trinajstić information content (AvgIpc) is 2.73. The fraction of sp³-hybridized carbons (Fsp3) is 0.0400. The van der Waals surface area contributed by atoms with Crippen LogP contribution in [0.3, 0.4) is 0 Å². The molecule has 0 bridgehead atoms. The van der Waals surface area contributed by atoms with Crippen molar-refractivity contribution in [3.05, 3.63) is 84.4 Å². The number of nitrogen functional groups attached to an aromatic ring is 1. The molecule has 0 unspecified atom stereocenters. The first-order valence-electron chi connectivity index (χ1n) is 9.96. The van der Waals surface area contributed by atoms with E-state index in [1.165, 1.54) is 33.1 Å². The average molecular weight is 373 g/mol. The first-order chi connectivity index (χ1) is 14.2. The Morgan fingerprint density at radius 2 is 1.31 bits per heavy atom. The highest BCUT2D eigenvalue weighted by Crippen LogP contribution is 2.34. The number of benzene rings is 4. The van der Waals surface area contributed by atoms with E-state index in [0.29, 0.717) is 0 Å². The van der Waals surface area contributed by atoms with Crippen molar-refractivity contribution in [1.82, 2.24) is 0 Å². The highest BCUT2D eigenvalue weighted by atomic mass is 14.9. The van der Waals surface area contributed by atoms with E-state index in [-0.39, 0.29) is 6.71 Å². The van der Waals surface area contributed by atoms with Crippen LogP contribution in [-0.2, 0) is 0 Å². The van der Waals surface area contributed by atoms with Gasteiger partial charge in [-0.05, 0) is 64.3 Å². The van der Waals surface area contributed by atoms with E-state index in [0.717, 1.165) is 28.4 Å². The molecule has 0 atom stereocenters. The molecule has 2 aliphatic heterocycles. The van der Waals surface area contributed by atoms with Crippen molar-refractivity contribution < 1.29 is 0 Å². The minimum absolute atomic E-state index is 0.158. The number of hydrogen-bond donors (Lipinski definition) is 3. The lowest BCUT2D eigenvalue weighted by atomic mass is 9.33. The molecule has 0 fully saturated rings. The van der Waals surface area contributed by atoms with E-state index in [1.807, 2.05) is 12.1 Å². The van der Waals surface area contributed by atoms with Crippen molar-refractivity contribution in [2.75, 3.05) is 16.4 Å². The molecule has 138 valence electrons. The lowest BCUT2D eigenvalue weighted by Crippen LogP contribution is -2.59. The molecule has 0 aliphatic carbocycles. The third-order valence-corrected chi connectivity index (χ3v) is 6.13. The summed E-state index contributed by atoms with van der Waals surface area (Å²) in [5, 5.41) is 7.26. The normalized spacial score (nSPS) is 12.9. The molecule has 29 heavy (non-hydrogen) atoms. The first kappa shape index (κ1) is 16.3. The fourth-order valence-electron chi connectivity index (χ4n) is 4.90. The number of fused-ring (bicyclic) bond motifs is 4. The second-order valence-electron chi connectivity index (χ2n) is 7.88. The highest BCUT2D eigenvalue weighted by molar-refractivity contribution is 7.01. The van der Waals surface area contributed by atoms with Crippen LogP contribution in [0.15, 0.2) is 78.9 Å². The summed E-state index contributed by atoms with van der Waals surface area (Å²) in [4.78, 5) is 0. The Bertz CT molecular complexity index is 1280. The van der Waals surface area contributed by atoms with E-state index in [2.05, 4.69) is 84.3 Å². The van der Waals surface area contributed by atoms with E-state index >= 15 is 0 Å². The van der Waals surface area contributed by atoms with Crippen molar-refractivity contribution in [2.24, 2.45) is 0 Å². The Kier molecular flexibility index (Phi) is 3.33. The molecule has 4 aromatic rings. The van der Waals surface area contributed by atoms with Gasteiger partial charge in [0.25, 0.3) is 6.71 Å². The van der Waals surface area contributed by atoms with Gasteiger partial charge in [0.05, 0.1) is 0 Å². The van der Waals surface area contributed by atoms with Crippen LogP contribution >= 0.6 is 0 Å². The van der Waals surface area contributed by atoms with E-state index in [4.69, 9.17) is 5.73 Å². The van der Waals surface area contributed by atoms with E-state index in [1.54, 1.807) is 0 Å². The maximum atomic E-state index is 6.23. The second kappa shape index (κ2) is 5.92. The summed E-state index contributed by atoms with van der Waals surface area (Å²) in [6, 6.07) is 27.9. The smallest absolute Gasteiger partial charge is 0.252 e. The molecule has 4 N–H and O–H groups in total. The zero-order chi connectivity index (χ0) is 19.5. The molecule has 3 nitrogen and oxygen atoms in total. The lowest BCUT2D eigenvalue weighted by Gasteiger charge is -2.36. The van der Waals surface area contributed by atoms with Gasteiger partial charge in [0.2, 0.25) is 0 Å². The first-order valence-corrected chi connectivity index (χ1v) is 9.96. The van der Waals surface area contributed by atoms with Gasteiger partial charge in [-0.25, -0.2) is 0 Å². The Morgan fingerprint density at radius 1 is 0.655 bits per heavy atom. The van der Waals surface area contributed by atoms with Crippen LogP contribution < -0.4 is 32.8 Å². The SMILES string of the molecule is Cc1ccccc1-c1cccc2c1B1c3ccccc3Nc3cc(N)cc(c31)N2. The summed E-state index contributed by atoms with van der Waals surface area (Å²) in [5.41, 5.74) is 19.2. The van der Waals surface area contributed by atoms with Crippen molar-refractivity contribution in [1.29, 1.82) is 0 Å². The summed E-state index contributed by atoms with van der Waals surface area (Å²) in [7, 11) is 0. The standard InChI is InChI=1S/C25H20BN3/c1-15-7-2-3-8-17(15)18-9-6-12-21-24(18)26-19-10-4-5-11-20(19)28-22-13-16(27)14-23(29-21)25(22)26/h2-14,28-29H,27H2,1H3. The Hall–Kier alpha value is -3.66. The molecule has 4 aromatic carbocycles. The van der Waals surface area contributed by atoms with Crippen LogP contribution in [0, 0.1) is 6.92 Å². The van der Waals surface area contributed by atoms with E-state index in [9.17, 15) is 0 Å². The molecule has 0 saturated heterocycles. The quantitative estimate of drug-likeness (QED) is 0.303. The van der Waals surface area contributed by atoms with Gasteiger partial charge >= 0.3 is 0 Å². The maximum Gasteiger partial charge on any atom is 0.252 e. The maximum absolute atomic E-state index is 6.23. The van der Waals surface area contributed by atoms with Crippen LogP contribution in [-0.4, -0.2) is 6.71 Å². The second-order valence-corrected chi connectivity index (χ2v) is 7.88. The van der Waals surface area contributed by atoms with Gasteiger partial charge in [-0.2, -0.15) is 0 Å². The Balaban J connectivity index is 1.70. The minimum atomic E-state index is 0.158. The Morgan fingerprint density at radius 3 is 2.14 bits per heavy atom. The van der Waals surface area contributed by atoms with Crippen LogP contribution in [0.4, 0.5) is 28.4 Å². The zero-order valence-electron chi connectivity index (χ0n) is 16.2. The molecule has 0 amide bonds. The van der Waals surface area contributed by atoms with Crippen LogP contribution in [0.1, 0.15) is 5.56 Å². The minimum Gasteiger partial charge on any atom is -0.399 e. The Labute approximate surface area is 170 Å². The third-order valence-electron chi connectivity index (χ3n) is 6.13. The predicted octanol–water partition coefficient (Wildman–Crippen LogP) is 3.87. The van der Waals surface area contributed by atoms with Gasteiger partial charge < -0.3 is 16.4 Å². The molecule has 6 rings (SSSR count). The van der Waals surface area contributed by atoms with E-state index < -0.39 is 0 Å². The van der Waals surface area contributed by atoms with Crippen LogP contribution in [0.5, 0.6) is 0 Å². The highest BCUT2D eigenvalue weighted by Gasteiger charge is 2.39. The molecule has 0 aromatic heterocycles. The number of rotatable bonds is 1. The molecule has 0 spiro atoms. The number of nitrogens with one attached hydrogen (secondary N) is 2. The lowest BCUT2D eigenvalue weighted by molar-refractivity contribution is 1.46. The van der Waals surface area contributed by atoms with Crippen molar-refractivity contribution in [3.8, 4) is 11.1 Å². The molecule has 2 heterocycles. The molecule has 0 radical (unpaired) electrons. The van der Waals surface area contributed by atoms with Gasteiger partial charge in [0.1, 0.15) is 0 Å². The van der Waals surface area contributed by atoms with Crippen molar-refractivity contribution in [3.63, 3.8) is 0 Å². The summed E-state index contributed by atoms with van der Waals surface area (Å²) in [5.74, 6) is 0. The molecule has 4 heteroatoms. The molecular formula is C25H20BN3. The molecular weight excluding hydrogens is 353 g/mol. The number of anilines is 5. The molecule has 0 saturated carbocycles. The summed E-state index contributed by atoms with van der Waals surface area (Å²) in [6.07, 6.45) is 0. The third kappa shape index (κ3) is 2.32. The van der Waals surface area contributed by atoms with Gasteiger partial charge in [-0.3, -0.25) is 0 Å². The fourth-order valence-corrected chi connectivity index (χ4v) is 4.90. The summed E-state index contributed by atoms with van der Waals surface area (Å²) < 4.78 is 0. The number of hydrogen-bond acceptors (Lipinski definition) is 3. The van der Waals surface area contributed by atoms with Gasteiger partial charge in [-0.1, -0.05) is 54.6 Å². The molecule has 2 aliphatic rings. The largest absolute Gasteiger partial charge is 0.399 e. The van der Waals surface area contributed by atoms with Crippen LogP contribution in [0.2, 0.25) is 0 Å². The topological polar surface area (TPSA) is 50.1 Å².